The highest BCUT2D eigenvalue weighted by Gasteiger charge is 2.39. The van der Waals surface area contributed by atoms with Crippen molar-refractivity contribution < 1.29 is 31.9 Å². The normalized spacial score (nSPS) is 14.6. The van der Waals surface area contributed by atoms with Crippen LogP contribution in [0.3, 0.4) is 0 Å². The van der Waals surface area contributed by atoms with E-state index in [2.05, 4.69) is 5.32 Å². The molecule has 194 valence electrons. The molecule has 3 aromatic rings. The highest BCUT2D eigenvalue weighted by molar-refractivity contribution is 7.92. The predicted molar refractivity (Wildman–Crippen MR) is 135 cm³/mol. The van der Waals surface area contributed by atoms with Gasteiger partial charge < -0.3 is 19.9 Å². The van der Waals surface area contributed by atoms with Crippen molar-refractivity contribution >= 4 is 38.9 Å². The molecule has 0 bridgehead atoms. The summed E-state index contributed by atoms with van der Waals surface area (Å²) in [5, 5.41) is 2.08. The van der Waals surface area contributed by atoms with Gasteiger partial charge in [-0.25, -0.2) is 12.8 Å². The Bertz CT molecular complexity index is 1390. The number of thiophene rings is 1. The van der Waals surface area contributed by atoms with Crippen LogP contribution in [-0.4, -0.2) is 74.6 Å². The van der Waals surface area contributed by atoms with E-state index in [1.54, 1.807) is 40.6 Å². The fourth-order valence-corrected chi connectivity index (χ4v) is 5.96. The first-order chi connectivity index (χ1) is 17.7. The molecule has 12 heteroatoms. The molecular formula is C25H24FN3O6S2. The number of nitrogens with zero attached hydrogens (tertiary/aromatic N) is 2. The number of methoxy groups -OCH3 is 1. The first-order valence-electron chi connectivity index (χ1n) is 11.3. The monoisotopic (exact) mass is 545 g/mol. The molecule has 1 aliphatic rings. The van der Waals surface area contributed by atoms with Gasteiger partial charge in [-0.15, -0.1) is 11.3 Å². The fraction of sp³-hybridized carbons (Fsp3) is 0.240. The number of benzene rings is 2. The third kappa shape index (κ3) is 5.81. The van der Waals surface area contributed by atoms with Gasteiger partial charge in [0.25, 0.3) is 17.7 Å². The standard InChI is InChI=1S/C25H24FN3O6S2/c1-35-19-5-2-4-17(16-19)24(31)28-11-13-29(14-12-28)25(32)23(27-22(30)21-6-3-15-36-21)37(33,34)20-9-7-18(26)8-10-20/h2-10,15-16,23H,11-14H2,1H3,(H,27,30). The molecule has 1 fully saturated rings. The number of ether oxygens (including phenoxy) is 1. The zero-order valence-corrected chi connectivity index (χ0v) is 21.4. The predicted octanol–water partition coefficient (Wildman–Crippen LogP) is 2.41. The van der Waals surface area contributed by atoms with Gasteiger partial charge in [0.05, 0.1) is 16.9 Å². The summed E-state index contributed by atoms with van der Waals surface area (Å²) in [6, 6.07) is 13.9. The fourth-order valence-electron chi connectivity index (χ4n) is 3.86. The maximum absolute atomic E-state index is 13.5. The molecule has 4 rings (SSSR count). The van der Waals surface area contributed by atoms with Crippen molar-refractivity contribution in [1.82, 2.24) is 15.1 Å². The third-order valence-electron chi connectivity index (χ3n) is 5.88. The van der Waals surface area contributed by atoms with E-state index in [0.29, 0.717) is 11.3 Å². The quantitative estimate of drug-likeness (QED) is 0.457. The molecule has 0 radical (unpaired) electrons. The average Bonchev–Trinajstić information content (AvgIpc) is 3.46. The molecule has 3 amide bonds. The Morgan fingerprint density at radius 3 is 2.27 bits per heavy atom. The summed E-state index contributed by atoms with van der Waals surface area (Å²) in [5.41, 5.74) is 0.430. The summed E-state index contributed by atoms with van der Waals surface area (Å²) in [6.45, 7) is 0.478. The van der Waals surface area contributed by atoms with Crippen LogP contribution in [-0.2, 0) is 14.6 Å². The Morgan fingerprint density at radius 1 is 0.973 bits per heavy atom. The van der Waals surface area contributed by atoms with E-state index in [1.165, 1.54) is 18.1 Å². The van der Waals surface area contributed by atoms with Crippen molar-refractivity contribution in [3.8, 4) is 5.75 Å². The van der Waals surface area contributed by atoms with Crippen molar-refractivity contribution in [2.75, 3.05) is 33.3 Å². The van der Waals surface area contributed by atoms with Crippen LogP contribution in [0.1, 0.15) is 20.0 Å². The molecule has 1 aliphatic heterocycles. The SMILES string of the molecule is COc1cccc(C(=O)N2CCN(C(=O)C(NC(=O)c3cccs3)S(=O)(=O)c3ccc(F)cc3)CC2)c1. The van der Waals surface area contributed by atoms with Gasteiger partial charge in [-0.2, -0.15) is 0 Å². The lowest BCUT2D eigenvalue weighted by Crippen LogP contribution is -2.57. The number of rotatable bonds is 7. The van der Waals surface area contributed by atoms with Crippen LogP contribution in [0.5, 0.6) is 5.75 Å². The largest absolute Gasteiger partial charge is 0.497 e. The number of hydrogen-bond acceptors (Lipinski definition) is 7. The first-order valence-corrected chi connectivity index (χ1v) is 13.7. The number of halogens is 1. The van der Waals surface area contributed by atoms with Crippen molar-refractivity contribution in [3.63, 3.8) is 0 Å². The third-order valence-corrected chi connectivity index (χ3v) is 8.62. The van der Waals surface area contributed by atoms with Gasteiger partial charge in [-0.3, -0.25) is 14.4 Å². The minimum absolute atomic E-state index is 0.0683. The van der Waals surface area contributed by atoms with Crippen LogP contribution >= 0.6 is 11.3 Å². The molecule has 1 N–H and O–H groups in total. The maximum Gasteiger partial charge on any atom is 0.262 e. The van der Waals surface area contributed by atoms with Crippen LogP contribution < -0.4 is 10.1 Å². The zero-order chi connectivity index (χ0) is 26.6. The van der Waals surface area contributed by atoms with E-state index >= 15 is 0 Å². The lowest BCUT2D eigenvalue weighted by atomic mass is 10.1. The summed E-state index contributed by atoms with van der Waals surface area (Å²) in [4.78, 5) is 41.9. The van der Waals surface area contributed by atoms with Gasteiger partial charge in [0.15, 0.2) is 0 Å². The second-order valence-corrected chi connectivity index (χ2v) is 11.2. The molecule has 1 aromatic heterocycles. The lowest BCUT2D eigenvalue weighted by molar-refractivity contribution is -0.132. The summed E-state index contributed by atoms with van der Waals surface area (Å²) in [7, 11) is -2.91. The number of amides is 3. The summed E-state index contributed by atoms with van der Waals surface area (Å²) in [5.74, 6) is -1.89. The smallest absolute Gasteiger partial charge is 0.262 e. The van der Waals surface area contributed by atoms with Crippen molar-refractivity contribution in [2.24, 2.45) is 0 Å². The molecule has 37 heavy (non-hydrogen) atoms. The molecule has 0 spiro atoms. The summed E-state index contributed by atoms with van der Waals surface area (Å²) in [6.07, 6.45) is 0. The van der Waals surface area contributed by atoms with E-state index in [1.807, 2.05) is 0 Å². The van der Waals surface area contributed by atoms with Crippen LogP contribution in [0.25, 0.3) is 0 Å². The summed E-state index contributed by atoms with van der Waals surface area (Å²) < 4.78 is 45.4. The number of piperazine rings is 1. The minimum Gasteiger partial charge on any atom is -0.497 e. The number of hydrogen-bond donors (Lipinski definition) is 1. The van der Waals surface area contributed by atoms with E-state index in [4.69, 9.17) is 4.74 Å². The van der Waals surface area contributed by atoms with Gasteiger partial charge in [0.2, 0.25) is 15.2 Å². The topological polar surface area (TPSA) is 113 Å². The minimum atomic E-state index is -4.41. The molecule has 0 saturated carbocycles. The molecule has 1 unspecified atom stereocenters. The molecular weight excluding hydrogens is 521 g/mol. The second-order valence-electron chi connectivity index (χ2n) is 8.18. The molecule has 2 heterocycles. The van der Waals surface area contributed by atoms with Crippen LogP contribution in [0.15, 0.2) is 70.9 Å². The Morgan fingerprint density at radius 2 is 1.65 bits per heavy atom. The van der Waals surface area contributed by atoms with Crippen LogP contribution in [0.4, 0.5) is 4.39 Å². The van der Waals surface area contributed by atoms with Gasteiger partial charge in [0, 0.05) is 31.7 Å². The Labute approximate surface area is 217 Å². The Balaban J connectivity index is 1.52. The van der Waals surface area contributed by atoms with E-state index in [0.717, 1.165) is 35.6 Å². The van der Waals surface area contributed by atoms with Crippen LogP contribution in [0, 0.1) is 5.82 Å². The Kier molecular flexibility index (Phi) is 7.89. The lowest BCUT2D eigenvalue weighted by Gasteiger charge is -2.36. The molecule has 9 nitrogen and oxygen atoms in total. The van der Waals surface area contributed by atoms with E-state index in [-0.39, 0.29) is 41.9 Å². The molecule has 0 aliphatic carbocycles. The number of sulfone groups is 1. The maximum atomic E-state index is 13.5. The zero-order valence-electron chi connectivity index (χ0n) is 19.8. The molecule has 1 atom stereocenters. The van der Waals surface area contributed by atoms with Crippen molar-refractivity contribution in [3.05, 3.63) is 82.3 Å². The van der Waals surface area contributed by atoms with Crippen molar-refractivity contribution in [1.29, 1.82) is 0 Å². The van der Waals surface area contributed by atoms with Gasteiger partial charge in [-0.05, 0) is 53.9 Å². The number of carbonyl (C=O) groups excluding carboxylic acids is 3. The van der Waals surface area contributed by atoms with Gasteiger partial charge in [0.1, 0.15) is 11.6 Å². The van der Waals surface area contributed by atoms with Gasteiger partial charge in [-0.1, -0.05) is 12.1 Å². The van der Waals surface area contributed by atoms with Crippen molar-refractivity contribution in [2.45, 2.75) is 10.3 Å². The van der Waals surface area contributed by atoms with E-state index in [9.17, 15) is 27.2 Å². The first kappa shape index (κ1) is 26.3. The van der Waals surface area contributed by atoms with Gasteiger partial charge >= 0.3 is 0 Å². The number of carbonyl (C=O) groups is 3. The highest BCUT2D eigenvalue weighted by Crippen LogP contribution is 2.20. The average molecular weight is 546 g/mol. The number of nitrogens with one attached hydrogen (secondary N) is 1. The second kappa shape index (κ2) is 11.1. The van der Waals surface area contributed by atoms with Crippen LogP contribution in [0.2, 0.25) is 0 Å². The summed E-state index contributed by atoms with van der Waals surface area (Å²) >= 11 is 1.10. The molecule has 2 aromatic carbocycles. The highest BCUT2D eigenvalue weighted by atomic mass is 32.2. The van der Waals surface area contributed by atoms with E-state index < -0.39 is 32.8 Å². The Hall–Kier alpha value is -3.77. The molecule has 1 saturated heterocycles.